The van der Waals surface area contributed by atoms with Gasteiger partial charge in [-0.25, -0.2) is 4.39 Å². The van der Waals surface area contributed by atoms with E-state index in [2.05, 4.69) is 23.7 Å². The van der Waals surface area contributed by atoms with Gasteiger partial charge in [0.25, 0.3) is 0 Å². The van der Waals surface area contributed by atoms with Crippen LogP contribution in [0.2, 0.25) is 0 Å². The smallest absolute Gasteiger partial charge is 0.126 e. The standard InChI is InChI=1S/C15H18FNOS/c1-11-5-6-13(16)10-14(11)18-8-7-17-12(2)15-4-3-9-19-15/h3-6,9-10,12,17H,7-8H2,1-2H3. The van der Waals surface area contributed by atoms with E-state index in [0.717, 1.165) is 12.1 Å². The van der Waals surface area contributed by atoms with Gasteiger partial charge in [-0.05, 0) is 36.9 Å². The van der Waals surface area contributed by atoms with Crippen molar-refractivity contribution in [2.45, 2.75) is 19.9 Å². The summed E-state index contributed by atoms with van der Waals surface area (Å²) in [6.45, 7) is 5.30. The van der Waals surface area contributed by atoms with Crippen molar-refractivity contribution >= 4 is 11.3 Å². The SMILES string of the molecule is Cc1ccc(F)cc1OCCNC(C)c1cccs1. The van der Waals surface area contributed by atoms with Crippen LogP contribution in [0.15, 0.2) is 35.7 Å². The first-order chi connectivity index (χ1) is 9.16. The summed E-state index contributed by atoms with van der Waals surface area (Å²) < 4.78 is 18.7. The maximum Gasteiger partial charge on any atom is 0.126 e. The van der Waals surface area contributed by atoms with Crippen molar-refractivity contribution in [1.82, 2.24) is 5.32 Å². The average Bonchev–Trinajstić information content (AvgIpc) is 2.92. The fourth-order valence-electron chi connectivity index (χ4n) is 1.80. The van der Waals surface area contributed by atoms with E-state index in [4.69, 9.17) is 4.74 Å². The van der Waals surface area contributed by atoms with E-state index in [9.17, 15) is 4.39 Å². The normalized spacial score (nSPS) is 12.4. The van der Waals surface area contributed by atoms with Crippen LogP contribution in [0.25, 0.3) is 0 Å². The number of benzene rings is 1. The second-order valence-electron chi connectivity index (χ2n) is 4.45. The highest BCUT2D eigenvalue weighted by Crippen LogP contribution is 2.19. The van der Waals surface area contributed by atoms with E-state index >= 15 is 0 Å². The topological polar surface area (TPSA) is 21.3 Å². The molecule has 0 spiro atoms. The Kier molecular flexibility index (Phi) is 4.93. The highest BCUT2D eigenvalue weighted by molar-refractivity contribution is 7.10. The predicted octanol–water partition coefficient (Wildman–Crippen LogP) is 3.93. The van der Waals surface area contributed by atoms with Gasteiger partial charge in [0.1, 0.15) is 18.2 Å². The highest BCUT2D eigenvalue weighted by atomic mass is 32.1. The number of thiophene rings is 1. The Balaban J connectivity index is 1.76. The summed E-state index contributed by atoms with van der Waals surface area (Å²) in [7, 11) is 0. The number of hydrogen-bond acceptors (Lipinski definition) is 3. The Labute approximate surface area is 117 Å². The summed E-state index contributed by atoms with van der Waals surface area (Å²) in [6.07, 6.45) is 0. The molecule has 0 saturated heterocycles. The van der Waals surface area contributed by atoms with Crippen LogP contribution >= 0.6 is 11.3 Å². The molecule has 1 unspecified atom stereocenters. The third kappa shape index (κ3) is 4.04. The second kappa shape index (κ2) is 6.68. The predicted molar refractivity (Wildman–Crippen MR) is 77.4 cm³/mol. The number of rotatable bonds is 6. The first-order valence-corrected chi connectivity index (χ1v) is 7.20. The number of hydrogen-bond donors (Lipinski definition) is 1. The molecule has 2 rings (SSSR count). The fourth-order valence-corrected chi connectivity index (χ4v) is 2.56. The van der Waals surface area contributed by atoms with Crippen molar-refractivity contribution in [1.29, 1.82) is 0 Å². The van der Waals surface area contributed by atoms with Crippen molar-refractivity contribution < 1.29 is 9.13 Å². The number of aryl methyl sites for hydroxylation is 1. The van der Waals surface area contributed by atoms with E-state index in [-0.39, 0.29) is 5.82 Å². The van der Waals surface area contributed by atoms with Gasteiger partial charge in [0, 0.05) is 23.5 Å². The molecule has 102 valence electrons. The Morgan fingerprint density at radius 2 is 2.21 bits per heavy atom. The molecule has 0 bridgehead atoms. The molecule has 0 aliphatic rings. The second-order valence-corrected chi connectivity index (χ2v) is 5.43. The van der Waals surface area contributed by atoms with Gasteiger partial charge < -0.3 is 10.1 Å². The van der Waals surface area contributed by atoms with E-state index in [1.54, 1.807) is 17.4 Å². The molecule has 0 saturated carbocycles. The summed E-state index contributed by atoms with van der Waals surface area (Å²) in [5.74, 6) is 0.353. The van der Waals surface area contributed by atoms with Crippen LogP contribution in [0, 0.1) is 12.7 Å². The quantitative estimate of drug-likeness (QED) is 0.809. The van der Waals surface area contributed by atoms with Gasteiger partial charge in [0.05, 0.1) is 0 Å². The Hall–Kier alpha value is -1.39. The highest BCUT2D eigenvalue weighted by Gasteiger charge is 2.05. The molecule has 0 aliphatic carbocycles. The summed E-state index contributed by atoms with van der Waals surface area (Å²) in [4.78, 5) is 1.31. The number of nitrogens with one attached hydrogen (secondary N) is 1. The molecule has 0 amide bonds. The first kappa shape index (κ1) is 14.0. The molecule has 0 fully saturated rings. The van der Waals surface area contributed by atoms with E-state index in [0.29, 0.717) is 18.4 Å². The molecule has 1 aromatic carbocycles. The number of ether oxygens (including phenoxy) is 1. The maximum atomic E-state index is 13.1. The van der Waals surface area contributed by atoms with Crippen molar-refractivity contribution in [3.05, 3.63) is 52.0 Å². The molecule has 1 heterocycles. The molecular weight excluding hydrogens is 261 g/mol. The Morgan fingerprint density at radius 1 is 1.37 bits per heavy atom. The van der Waals surface area contributed by atoms with Gasteiger partial charge in [-0.2, -0.15) is 0 Å². The lowest BCUT2D eigenvalue weighted by Crippen LogP contribution is -2.23. The molecule has 1 N–H and O–H groups in total. The zero-order chi connectivity index (χ0) is 13.7. The number of halogens is 1. The van der Waals surface area contributed by atoms with Crippen LogP contribution in [0.5, 0.6) is 5.75 Å². The third-order valence-electron chi connectivity index (χ3n) is 2.93. The molecule has 2 aromatic rings. The minimum absolute atomic E-state index is 0.263. The van der Waals surface area contributed by atoms with E-state index < -0.39 is 0 Å². The summed E-state index contributed by atoms with van der Waals surface area (Å²) in [5.41, 5.74) is 0.952. The lowest BCUT2D eigenvalue weighted by Gasteiger charge is -2.13. The molecule has 1 aromatic heterocycles. The monoisotopic (exact) mass is 279 g/mol. The zero-order valence-corrected chi connectivity index (χ0v) is 12.0. The molecule has 2 nitrogen and oxygen atoms in total. The van der Waals surface area contributed by atoms with Gasteiger partial charge in [0.15, 0.2) is 0 Å². The third-order valence-corrected chi connectivity index (χ3v) is 3.99. The van der Waals surface area contributed by atoms with E-state index in [1.165, 1.54) is 17.0 Å². The van der Waals surface area contributed by atoms with Gasteiger partial charge in [-0.15, -0.1) is 11.3 Å². The van der Waals surface area contributed by atoms with E-state index in [1.807, 2.05) is 13.0 Å². The van der Waals surface area contributed by atoms with Crippen molar-refractivity contribution in [3.8, 4) is 5.75 Å². The fraction of sp³-hybridized carbons (Fsp3) is 0.333. The molecule has 1 atom stereocenters. The van der Waals surface area contributed by atoms with Gasteiger partial charge in [0.2, 0.25) is 0 Å². The lowest BCUT2D eigenvalue weighted by atomic mass is 10.2. The van der Waals surface area contributed by atoms with Crippen LogP contribution in [0.1, 0.15) is 23.4 Å². The van der Waals surface area contributed by atoms with Gasteiger partial charge in [-0.1, -0.05) is 12.1 Å². The summed E-state index contributed by atoms with van der Waals surface area (Å²) in [6, 6.07) is 9.08. The molecule has 0 radical (unpaired) electrons. The molecular formula is C15H18FNOS. The van der Waals surface area contributed by atoms with Crippen LogP contribution in [0.4, 0.5) is 4.39 Å². The average molecular weight is 279 g/mol. The maximum absolute atomic E-state index is 13.1. The Morgan fingerprint density at radius 3 is 2.95 bits per heavy atom. The van der Waals surface area contributed by atoms with Crippen LogP contribution in [0.3, 0.4) is 0 Å². The molecule has 19 heavy (non-hydrogen) atoms. The van der Waals surface area contributed by atoms with Crippen molar-refractivity contribution in [2.24, 2.45) is 0 Å². The minimum Gasteiger partial charge on any atom is -0.492 e. The van der Waals surface area contributed by atoms with Gasteiger partial charge in [-0.3, -0.25) is 0 Å². The van der Waals surface area contributed by atoms with Crippen LogP contribution in [-0.2, 0) is 0 Å². The first-order valence-electron chi connectivity index (χ1n) is 6.32. The summed E-state index contributed by atoms with van der Waals surface area (Å²) >= 11 is 1.74. The largest absolute Gasteiger partial charge is 0.492 e. The lowest BCUT2D eigenvalue weighted by molar-refractivity contribution is 0.304. The molecule has 4 heteroatoms. The van der Waals surface area contributed by atoms with Crippen molar-refractivity contribution in [2.75, 3.05) is 13.2 Å². The van der Waals surface area contributed by atoms with Crippen LogP contribution in [-0.4, -0.2) is 13.2 Å². The van der Waals surface area contributed by atoms with Gasteiger partial charge >= 0.3 is 0 Å². The van der Waals surface area contributed by atoms with Crippen molar-refractivity contribution in [3.63, 3.8) is 0 Å². The Bertz CT molecular complexity index is 513. The van der Waals surface area contributed by atoms with Crippen LogP contribution < -0.4 is 10.1 Å². The minimum atomic E-state index is -0.263. The zero-order valence-electron chi connectivity index (χ0n) is 11.2. The summed E-state index contributed by atoms with van der Waals surface area (Å²) in [5, 5.41) is 5.45. The molecule has 0 aliphatic heterocycles.